The molecule has 19 heavy (non-hydrogen) atoms. The van der Waals surface area contributed by atoms with Crippen LogP contribution in [0, 0.1) is 0 Å². The minimum atomic E-state index is 0.459. The highest BCUT2D eigenvalue weighted by atomic mass is 79.9. The van der Waals surface area contributed by atoms with E-state index in [1.807, 2.05) is 12.3 Å². The number of nitrogens with zero attached hydrogens (tertiary/aromatic N) is 2. The van der Waals surface area contributed by atoms with Gasteiger partial charge >= 0.3 is 0 Å². The molecule has 1 aliphatic rings. The third-order valence-corrected chi connectivity index (χ3v) is 4.39. The van der Waals surface area contributed by atoms with Gasteiger partial charge in [0.05, 0.1) is 18.7 Å². The lowest BCUT2D eigenvalue weighted by molar-refractivity contribution is -0.00194. The first kappa shape index (κ1) is 13.0. The molecule has 1 atom stereocenters. The van der Waals surface area contributed by atoms with Crippen molar-refractivity contribution in [2.75, 3.05) is 25.1 Å². The third kappa shape index (κ3) is 2.81. The first-order valence-corrected chi connectivity index (χ1v) is 7.71. The average Bonchev–Trinajstić information content (AvgIpc) is 2.48. The second-order valence-corrected chi connectivity index (χ2v) is 5.49. The number of hydrogen-bond donors (Lipinski definition) is 0. The summed E-state index contributed by atoms with van der Waals surface area (Å²) in [7, 11) is 0. The van der Waals surface area contributed by atoms with E-state index in [1.54, 1.807) is 0 Å². The summed E-state index contributed by atoms with van der Waals surface area (Å²) in [5.41, 5.74) is 2.42. The Labute approximate surface area is 121 Å². The molecule has 1 saturated heterocycles. The van der Waals surface area contributed by atoms with Crippen molar-refractivity contribution in [1.82, 2.24) is 9.88 Å². The molecule has 0 aliphatic carbocycles. The summed E-state index contributed by atoms with van der Waals surface area (Å²) in [6.07, 6.45) is 1.90. The van der Waals surface area contributed by atoms with Gasteiger partial charge in [-0.2, -0.15) is 0 Å². The summed E-state index contributed by atoms with van der Waals surface area (Å²) in [6, 6.07) is 10.9. The molecular weight excluding hydrogens is 304 g/mol. The largest absolute Gasteiger partial charge is 0.378 e. The summed E-state index contributed by atoms with van der Waals surface area (Å²) >= 11 is 3.58. The zero-order chi connectivity index (χ0) is 13.1. The number of morpholine rings is 1. The van der Waals surface area contributed by atoms with Gasteiger partial charge in [-0.05, 0) is 17.7 Å². The Morgan fingerprint density at radius 3 is 3.11 bits per heavy atom. The minimum absolute atomic E-state index is 0.459. The molecule has 2 aromatic rings. The number of alkyl halides is 1. The molecule has 1 fully saturated rings. The van der Waals surface area contributed by atoms with Gasteiger partial charge < -0.3 is 4.74 Å². The maximum absolute atomic E-state index is 5.54. The van der Waals surface area contributed by atoms with Crippen LogP contribution in [-0.2, 0) is 11.3 Å². The van der Waals surface area contributed by atoms with Crippen molar-refractivity contribution in [2.45, 2.75) is 12.6 Å². The summed E-state index contributed by atoms with van der Waals surface area (Å²) in [5.74, 6) is 0. The number of aromatic nitrogens is 1. The van der Waals surface area contributed by atoms with Gasteiger partial charge in [-0.25, -0.2) is 0 Å². The van der Waals surface area contributed by atoms with Crippen molar-refractivity contribution in [1.29, 1.82) is 0 Å². The molecule has 0 spiro atoms. The fourth-order valence-corrected chi connectivity index (χ4v) is 3.15. The third-order valence-electron chi connectivity index (χ3n) is 3.64. The first-order chi connectivity index (χ1) is 9.38. The van der Waals surface area contributed by atoms with Gasteiger partial charge in [-0.15, -0.1) is 0 Å². The lowest BCUT2D eigenvalue weighted by atomic mass is 10.1. The molecule has 1 aromatic heterocycles. The Morgan fingerprint density at radius 2 is 2.21 bits per heavy atom. The second-order valence-electron chi connectivity index (χ2n) is 4.84. The number of hydrogen-bond acceptors (Lipinski definition) is 3. The minimum Gasteiger partial charge on any atom is -0.378 e. The summed E-state index contributed by atoms with van der Waals surface area (Å²) in [5, 5.41) is 2.21. The van der Waals surface area contributed by atoms with E-state index >= 15 is 0 Å². The molecule has 0 N–H and O–H groups in total. The van der Waals surface area contributed by atoms with Gasteiger partial charge in [0, 0.05) is 36.0 Å². The SMILES string of the molecule is BrCC1COCCN1Cc1ccnc2ccccc12. The number of pyridine rings is 1. The van der Waals surface area contributed by atoms with Crippen LogP contribution in [0.4, 0.5) is 0 Å². The fraction of sp³-hybridized carbons (Fsp3) is 0.400. The molecule has 1 unspecified atom stereocenters. The number of rotatable bonds is 3. The van der Waals surface area contributed by atoms with Crippen molar-refractivity contribution >= 4 is 26.8 Å². The smallest absolute Gasteiger partial charge is 0.0705 e. The van der Waals surface area contributed by atoms with Gasteiger partial charge in [0.2, 0.25) is 0 Å². The summed E-state index contributed by atoms with van der Waals surface area (Å²) in [6.45, 7) is 3.59. The highest BCUT2D eigenvalue weighted by Crippen LogP contribution is 2.20. The topological polar surface area (TPSA) is 25.4 Å². The van der Waals surface area contributed by atoms with Crippen molar-refractivity contribution in [3.8, 4) is 0 Å². The van der Waals surface area contributed by atoms with Crippen LogP contribution in [0.5, 0.6) is 0 Å². The average molecular weight is 321 g/mol. The number of para-hydroxylation sites is 1. The van der Waals surface area contributed by atoms with Crippen LogP contribution in [-0.4, -0.2) is 41.0 Å². The van der Waals surface area contributed by atoms with Gasteiger partial charge in [0.25, 0.3) is 0 Å². The van der Waals surface area contributed by atoms with Gasteiger partial charge in [-0.3, -0.25) is 9.88 Å². The predicted molar refractivity (Wildman–Crippen MR) is 80.6 cm³/mol. The van der Waals surface area contributed by atoms with Gasteiger partial charge in [-0.1, -0.05) is 34.1 Å². The van der Waals surface area contributed by atoms with E-state index in [0.717, 1.165) is 37.2 Å². The number of benzene rings is 1. The molecule has 0 amide bonds. The number of fused-ring (bicyclic) bond motifs is 1. The van der Waals surface area contributed by atoms with Gasteiger partial charge in [0.1, 0.15) is 0 Å². The second kappa shape index (κ2) is 5.99. The highest BCUT2D eigenvalue weighted by molar-refractivity contribution is 9.09. The molecule has 100 valence electrons. The highest BCUT2D eigenvalue weighted by Gasteiger charge is 2.22. The Hall–Kier alpha value is -0.970. The van der Waals surface area contributed by atoms with Crippen molar-refractivity contribution in [3.63, 3.8) is 0 Å². The zero-order valence-electron chi connectivity index (χ0n) is 10.8. The molecule has 1 aromatic carbocycles. The van der Waals surface area contributed by atoms with Crippen molar-refractivity contribution in [3.05, 3.63) is 42.1 Å². The van der Waals surface area contributed by atoms with Crippen LogP contribution in [0.15, 0.2) is 36.5 Å². The Balaban J connectivity index is 1.88. The first-order valence-electron chi connectivity index (χ1n) is 6.59. The van der Waals surface area contributed by atoms with E-state index in [2.05, 4.69) is 50.1 Å². The van der Waals surface area contributed by atoms with Crippen molar-refractivity contribution in [2.24, 2.45) is 0 Å². The van der Waals surface area contributed by atoms with Crippen LogP contribution in [0.2, 0.25) is 0 Å². The molecule has 0 radical (unpaired) electrons. The monoisotopic (exact) mass is 320 g/mol. The standard InChI is InChI=1S/C15H17BrN2O/c16-9-13-11-19-8-7-18(13)10-12-5-6-17-15-4-2-1-3-14(12)15/h1-6,13H,7-11H2. The quantitative estimate of drug-likeness (QED) is 0.813. The molecule has 0 saturated carbocycles. The van der Waals surface area contributed by atoms with E-state index in [-0.39, 0.29) is 0 Å². The number of halogens is 1. The molecule has 4 heteroatoms. The lowest BCUT2D eigenvalue weighted by Gasteiger charge is -2.34. The Bertz CT molecular complexity index is 555. The molecule has 3 nitrogen and oxygen atoms in total. The molecule has 2 heterocycles. The molecule has 1 aliphatic heterocycles. The Kier molecular flexibility index (Phi) is 4.11. The fourth-order valence-electron chi connectivity index (χ4n) is 2.55. The Morgan fingerprint density at radius 1 is 1.32 bits per heavy atom. The summed E-state index contributed by atoms with van der Waals surface area (Å²) in [4.78, 5) is 6.91. The normalized spacial score (nSPS) is 20.8. The van der Waals surface area contributed by atoms with Gasteiger partial charge in [0.15, 0.2) is 0 Å². The van der Waals surface area contributed by atoms with E-state index in [1.165, 1.54) is 10.9 Å². The van der Waals surface area contributed by atoms with E-state index < -0.39 is 0 Å². The maximum atomic E-state index is 5.54. The predicted octanol–water partition coefficient (Wildman–Crippen LogP) is 2.83. The number of ether oxygens (including phenoxy) is 1. The van der Waals surface area contributed by atoms with E-state index in [9.17, 15) is 0 Å². The van der Waals surface area contributed by atoms with Crippen LogP contribution >= 0.6 is 15.9 Å². The van der Waals surface area contributed by atoms with Crippen molar-refractivity contribution < 1.29 is 4.74 Å². The van der Waals surface area contributed by atoms with Crippen LogP contribution in [0.25, 0.3) is 10.9 Å². The van der Waals surface area contributed by atoms with Crippen LogP contribution < -0.4 is 0 Å². The zero-order valence-corrected chi connectivity index (χ0v) is 12.3. The van der Waals surface area contributed by atoms with Crippen LogP contribution in [0.1, 0.15) is 5.56 Å². The summed E-state index contributed by atoms with van der Waals surface area (Å²) < 4.78 is 5.54. The molecular formula is C15H17BrN2O. The maximum Gasteiger partial charge on any atom is 0.0705 e. The lowest BCUT2D eigenvalue weighted by Crippen LogP contribution is -2.45. The van der Waals surface area contributed by atoms with E-state index in [0.29, 0.717) is 6.04 Å². The van der Waals surface area contributed by atoms with Crippen LogP contribution in [0.3, 0.4) is 0 Å². The van der Waals surface area contributed by atoms with E-state index in [4.69, 9.17) is 4.74 Å². The molecule has 3 rings (SSSR count). The molecule has 0 bridgehead atoms.